The second-order valence-corrected chi connectivity index (χ2v) is 5.94. The maximum Gasteiger partial charge on any atom is 0.259 e. The molecule has 4 nitrogen and oxygen atoms in total. The number of nitrogens with one attached hydrogen (secondary N) is 2. The van der Waals surface area contributed by atoms with Gasteiger partial charge in [-0.25, -0.2) is 0 Å². The summed E-state index contributed by atoms with van der Waals surface area (Å²) in [6.45, 7) is 3.98. The Kier molecular flexibility index (Phi) is 5.03. The molecule has 2 rings (SSSR count). The number of anilines is 1. The number of carbonyl (C=O) groups is 1. The normalized spacial score (nSPS) is 10.0. The van der Waals surface area contributed by atoms with E-state index in [2.05, 4.69) is 31.5 Å². The van der Waals surface area contributed by atoms with Gasteiger partial charge in [0.15, 0.2) is 5.11 Å². The highest BCUT2D eigenvalue weighted by Crippen LogP contribution is 2.16. The summed E-state index contributed by atoms with van der Waals surface area (Å²) in [6.07, 6.45) is 3.10. The zero-order valence-corrected chi connectivity index (χ0v) is 14.0. The van der Waals surface area contributed by atoms with Gasteiger partial charge in [-0.15, -0.1) is 0 Å². The molecule has 2 N–H and O–H groups in total. The molecule has 6 heteroatoms. The highest BCUT2D eigenvalue weighted by atomic mass is 79.9. The molecule has 0 aliphatic rings. The average Bonchev–Trinajstić information content (AvgIpc) is 2.42. The predicted molar refractivity (Wildman–Crippen MR) is 91.5 cm³/mol. The second-order valence-electron chi connectivity index (χ2n) is 4.62. The molecule has 108 valence electrons. The van der Waals surface area contributed by atoms with E-state index in [0.717, 1.165) is 21.3 Å². The van der Waals surface area contributed by atoms with Crippen molar-refractivity contribution in [3.8, 4) is 0 Å². The van der Waals surface area contributed by atoms with Crippen LogP contribution < -0.4 is 10.6 Å². The smallest absolute Gasteiger partial charge is 0.259 e. The number of benzene rings is 1. The Bertz CT molecular complexity index is 703. The third-order valence-electron chi connectivity index (χ3n) is 2.84. The molecule has 0 aliphatic carbocycles. The number of nitrogens with zero attached hydrogens (tertiary/aromatic N) is 1. The third-order valence-corrected chi connectivity index (χ3v) is 3.47. The van der Waals surface area contributed by atoms with Crippen LogP contribution >= 0.6 is 28.1 Å². The summed E-state index contributed by atoms with van der Waals surface area (Å²) in [5.41, 5.74) is 3.50. The molecule has 0 unspecified atom stereocenters. The SMILES string of the molecule is Cc1ccc(C)c(NC(=S)NC(=O)c2cncc(Br)c2)c1. The lowest BCUT2D eigenvalue weighted by molar-refractivity contribution is 0.0977. The Hall–Kier alpha value is -1.79. The Morgan fingerprint density at radius 1 is 1.24 bits per heavy atom. The summed E-state index contributed by atoms with van der Waals surface area (Å²) in [5, 5.41) is 5.93. The monoisotopic (exact) mass is 363 g/mol. The van der Waals surface area contributed by atoms with Gasteiger partial charge >= 0.3 is 0 Å². The van der Waals surface area contributed by atoms with Crippen LogP contribution in [0.2, 0.25) is 0 Å². The standard InChI is InChI=1S/C15H14BrN3OS/c1-9-3-4-10(2)13(5-9)18-15(21)19-14(20)11-6-12(16)8-17-7-11/h3-8H,1-2H3,(H2,18,19,20,21). The molecular formula is C15H14BrN3OS. The molecule has 0 fully saturated rings. The van der Waals surface area contributed by atoms with Crippen molar-refractivity contribution in [3.05, 3.63) is 57.8 Å². The molecular weight excluding hydrogens is 350 g/mol. The average molecular weight is 364 g/mol. The van der Waals surface area contributed by atoms with Gasteiger partial charge in [0.1, 0.15) is 0 Å². The van der Waals surface area contributed by atoms with Gasteiger partial charge in [-0.2, -0.15) is 0 Å². The minimum Gasteiger partial charge on any atom is -0.332 e. The minimum absolute atomic E-state index is 0.258. The van der Waals surface area contributed by atoms with E-state index in [1.54, 1.807) is 12.3 Å². The Labute approximate surface area is 137 Å². The van der Waals surface area contributed by atoms with Crippen LogP contribution in [0.4, 0.5) is 5.69 Å². The first-order chi connectivity index (χ1) is 9.95. The van der Waals surface area contributed by atoms with Crippen molar-refractivity contribution in [2.75, 3.05) is 5.32 Å². The summed E-state index contributed by atoms with van der Waals surface area (Å²) in [7, 11) is 0. The fourth-order valence-corrected chi connectivity index (χ4v) is 2.30. The van der Waals surface area contributed by atoms with Crippen molar-refractivity contribution in [2.45, 2.75) is 13.8 Å². The molecule has 0 bridgehead atoms. The van der Waals surface area contributed by atoms with E-state index in [-0.39, 0.29) is 11.0 Å². The molecule has 1 aromatic carbocycles. The maximum atomic E-state index is 12.0. The quantitative estimate of drug-likeness (QED) is 0.800. The van der Waals surface area contributed by atoms with Crippen molar-refractivity contribution in [2.24, 2.45) is 0 Å². The highest BCUT2D eigenvalue weighted by molar-refractivity contribution is 9.10. The molecule has 1 amide bonds. The lowest BCUT2D eigenvalue weighted by Gasteiger charge is -2.12. The lowest BCUT2D eigenvalue weighted by atomic mass is 10.1. The topological polar surface area (TPSA) is 54.0 Å². The first-order valence-corrected chi connectivity index (χ1v) is 7.46. The molecule has 2 aromatic rings. The molecule has 0 saturated carbocycles. The van der Waals surface area contributed by atoms with Gasteiger partial charge in [0.25, 0.3) is 5.91 Å². The first kappa shape index (κ1) is 15.6. The van der Waals surface area contributed by atoms with E-state index in [9.17, 15) is 4.79 Å². The molecule has 0 radical (unpaired) electrons. The van der Waals surface area contributed by atoms with E-state index >= 15 is 0 Å². The number of hydrogen-bond donors (Lipinski definition) is 2. The maximum absolute atomic E-state index is 12.0. The number of aromatic nitrogens is 1. The second kappa shape index (κ2) is 6.78. The third kappa shape index (κ3) is 4.34. The number of carbonyl (C=O) groups excluding carboxylic acids is 1. The van der Waals surface area contributed by atoms with Crippen LogP contribution in [0.25, 0.3) is 0 Å². The van der Waals surface area contributed by atoms with Gasteiger partial charge in [0.2, 0.25) is 0 Å². The zero-order valence-electron chi connectivity index (χ0n) is 11.6. The largest absolute Gasteiger partial charge is 0.332 e. The summed E-state index contributed by atoms with van der Waals surface area (Å²) in [4.78, 5) is 16.0. The molecule has 0 atom stereocenters. The van der Waals surface area contributed by atoms with Crippen LogP contribution in [0.1, 0.15) is 21.5 Å². The van der Waals surface area contributed by atoms with E-state index < -0.39 is 0 Å². The van der Waals surface area contributed by atoms with Crippen LogP contribution in [-0.2, 0) is 0 Å². The number of pyridine rings is 1. The van der Waals surface area contributed by atoms with Crippen molar-refractivity contribution < 1.29 is 4.79 Å². The van der Waals surface area contributed by atoms with Crippen molar-refractivity contribution in [1.82, 2.24) is 10.3 Å². The Morgan fingerprint density at radius 3 is 2.71 bits per heavy atom. The van der Waals surface area contributed by atoms with Crippen LogP contribution in [0, 0.1) is 13.8 Å². The lowest BCUT2D eigenvalue weighted by Crippen LogP contribution is -2.34. The number of amides is 1. The van der Waals surface area contributed by atoms with Gasteiger partial charge in [-0.3, -0.25) is 15.1 Å². The first-order valence-electron chi connectivity index (χ1n) is 6.26. The molecule has 0 spiro atoms. The minimum atomic E-state index is -0.299. The number of hydrogen-bond acceptors (Lipinski definition) is 3. The zero-order chi connectivity index (χ0) is 15.4. The van der Waals surface area contributed by atoms with Gasteiger partial charge in [-0.05, 0) is 65.3 Å². The summed E-state index contributed by atoms with van der Waals surface area (Å²) in [6, 6.07) is 7.69. The van der Waals surface area contributed by atoms with Crippen LogP contribution in [-0.4, -0.2) is 16.0 Å². The van der Waals surface area contributed by atoms with E-state index in [4.69, 9.17) is 12.2 Å². The number of halogens is 1. The highest BCUT2D eigenvalue weighted by Gasteiger charge is 2.09. The fourth-order valence-electron chi connectivity index (χ4n) is 1.74. The predicted octanol–water partition coefficient (Wildman–Crippen LogP) is 3.59. The van der Waals surface area contributed by atoms with E-state index in [1.165, 1.54) is 6.20 Å². The molecule has 1 aromatic heterocycles. The molecule has 21 heavy (non-hydrogen) atoms. The van der Waals surface area contributed by atoms with Crippen LogP contribution in [0.15, 0.2) is 41.1 Å². The van der Waals surface area contributed by atoms with Gasteiger partial charge < -0.3 is 5.32 Å². The Balaban J connectivity index is 2.05. The van der Waals surface area contributed by atoms with Gasteiger partial charge in [0, 0.05) is 22.6 Å². The van der Waals surface area contributed by atoms with Crippen molar-refractivity contribution >= 4 is 44.9 Å². The summed E-state index contributed by atoms with van der Waals surface area (Å²) in [5.74, 6) is -0.299. The van der Waals surface area contributed by atoms with Crippen molar-refractivity contribution in [1.29, 1.82) is 0 Å². The molecule has 0 aliphatic heterocycles. The van der Waals surface area contributed by atoms with Gasteiger partial charge in [0.05, 0.1) is 5.56 Å². The fraction of sp³-hybridized carbons (Fsp3) is 0.133. The molecule has 1 heterocycles. The van der Waals surface area contributed by atoms with Crippen molar-refractivity contribution in [3.63, 3.8) is 0 Å². The molecule has 0 saturated heterocycles. The van der Waals surface area contributed by atoms with Crippen LogP contribution in [0.3, 0.4) is 0 Å². The number of aryl methyl sites for hydroxylation is 2. The summed E-state index contributed by atoms with van der Waals surface area (Å²) >= 11 is 8.45. The van der Waals surface area contributed by atoms with Gasteiger partial charge in [-0.1, -0.05) is 12.1 Å². The Morgan fingerprint density at radius 2 is 2.00 bits per heavy atom. The number of thiocarbonyl (C=S) groups is 1. The number of rotatable bonds is 2. The van der Waals surface area contributed by atoms with E-state index in [1.807, 2.05) is 32.0 Å². The van der Waals surface area contributed by atoms with E-state index in [0.29, 0.717) is 5.56 Å². The van der Waals surface area contributed by atoms with Crippen LogP contribution in [0.5, 0.6) is 0 Å². The summed E-state index contributed by atoms with van der Waals surface area (Å²) < 4.78 is 0.739.